The van der Waals surface area contributed by atoms with Crippen molar-refractivity contribution in [1.29, 1.82) is 0 Å². The summed E-state index contributed by atoms with van der Waals surface area (Å²) in [7, 11) is 4.63. The number of methoxy groups -OCH3 is 3. The normalized spacial score (nSPS) is 40.1. The predicted octanol–water partition coefficient (Wildman–Crippen LogP) is 5.76. The van der Waals surface area contributed by atoms with Gasteiger partial charge in [0.15, 0.2) is 0 Å². The number of allylic oxidation sites excluding steroid dienone is 5. The maximum absolute atomic E-state index is 14.4. The fraction of sp³-hybridized carbons (Fsp3) is 0.784. The van der Waals surface area contributed by atoms with Crippen molar-refractivity contribution in [2.75, 3.05) is 27.9 Å². The molecule has 1 aliphatic carbocycles. The average Bonchev–Trinajstić information content (AvgIpc) is 3.28. The number of hydrogen-bond donors (Lipinski definition) is 5. The molecule has 0 spiro atoms. The summed E-state index contributed by atoms with van der Waals surface area (Å²) in [5.41, 5.74) is 1.41. The van der Waals surface area contributed by atoms with Gasteiger partial charge in [0.05, 0.1) is 36.6 Å². The van der Waals surface area contributed by atoms with Gasteiger partial charge in [0.2, 0.25) is 5.79 Å². The van der Waals surface area contributed by atoms with Crippen LogP contribution in [0.4, 0.5) is 0 Å². The average molecular weight is 918 g/mol. The van der Waals surface area contributed by atoms with E-state index in [1.807, 2.05) is 58.1 Å². The van der Waals surface area contributed by atoms with Crippen LogP contribution in [-0.2, 0) is 38.1 Å². The zero-order valence-electron chi connectivity index (χ0n) is 40.8. The maximum atomic E-state index is 14.4. The van der Waals surface area contributed by atoms with Gasteiger partial charge in [0.1, 0.15) is 24.4 Å². The van der Waals surface area contributed by atoms with E-state index in [2.05, 4.69) is 6.92 Å². The Morgan fingerprint density at radius 2 is 1.54 bits per heavy atom. The molecule has 1 amide bonds. The molecule has 4 aliphatic rings. The number of nitrogens with zero attached hydrogens (tertiary/aromatic N) is 1. The Labute approximate surface area is 388 Å². The van der Waals surface area contributed by atoms with E-state index in [9.17, 15) is 39.9 Å². The lowest BCUT2D eigenvalue weighted by Gasteiger charge is -2.43. The van der Waals surface area contributed by atoms with Crippen LogP contribution in [0.3, 0.4) is 0 Å². The molecule has 0 aromatic heterocycles. The van der Waals surface area contributed by atoms with Crippen LogP contribution in [0.5, 0.6) is 0 Å². The van der Waals surface area contributed by atoms with Crippen molar-refractivity contribution in [3.63, 3.8) is 0 Å². The second-order valence-electron chi connectivity index (χ2n) is 20.0. The Balaban J connectivity index is 1.70. The Morgan fingerprint density at radius 1 is 0.815 bits per heavy atom. The number of aliphatic hydroxyl groups excluding tert-OH is 4. The highest BCUT2D eigenvalue weighted by atomic mass is 16.6. The minimum Gasteiger partial charge on any atom is -0.460 e. The maximum Gasteiger partial charge on any atom is 0.329 e. The molecule has 1 saturated carbocycles. The van der Waals surface area contributed by atoms with Gasteiger partial charge in [0, 0.05) is 52.6 Å². The summed E-state index contributed by atoms with van der Waals surface area (Å²) >= 11 is 0. The number of ketones is 1. The molecule has 2 unspecified atom stereocenters. The summed E-state index contributed by atoms with van der Waals surface area (Å²) < 4.78 is 29.6. The molecular formula is C51H83NO13. The molecule has 14 nitrogen and oxygen atoms in total. The van der Waals surface area contributed by atoms with Crippen LogP contribution >= 0.6 is 0 Å². The van der Waals surface area contributed by atoms with Gasteiger partial charge in [0.25, 0.3) is 11.7 Å². The summed E-state index contributed by atoms with van der Waals surface area (Å²) in [6.07, 6.45) is 10.6. The van der Waals surface area contributed by atoms with E-state index in [-0.39, 0.29) is 49.2 Å². The second kappa shape index (κ2) is 25.5. The van der Waals surface area contributed by atoms with E-state index < -0.39 is 90.2 Å². The third kappa shape index (κ3) is 14.6. The first-order valence-electron chi connectivity index (χ1n) is 24.2. The molecule has 0 aromatic rings. The quantitative estimate of drug-likeness (QED) is 0.122. The third-order valence-corrected chi connectivity index (χ3v) is 14.9. The van der Waals surface area contributed by atoms with Crippen LogP contribution in [0.15, 0.2) is 47.6 Å². The molecule has 0 radical (unpaired) electrons. The summed E-state index contributed by atoms with van der Waals surface area (Å²) in [6.45, 7) is 13.2. The molecule has 370 valence electrons. The smallest absolute Gasteiger partial charge is 0.329 e. The first-order chi connectivity index (χ1) is 30.7. The van der Waals surface area contributed by atoms with Crippen LogP contribution in [-0.4, -0.2) is 143 Å². The first kappa shape index (κ1) is 54.8. The monoisotopic (exact) mass is 918 g/mol. The fourth-order valence-corrected chi connectivity index (χ4v) is 10.4. The molecule has 3 aliphatic heterocycles. The van der Waals surface area contributed by atoms with Crippen molar-refractivity contribution in [3.8, 4) is 0 Å². The topological polar surface area (TPSA) is 202 Å². The van der Waals surface area contributed by atoms with Crippen molar-refractivity contribution in [2.45, 2.75) is 192 Å². The SMILES string of the molecule is CO[C@H]1C[C@@H]2CC[C@@H](C)[C@@](O)(O2)C(=O)C(=O)N2CCCCC2C(=O)O[C@H]([C@H](C)C[C@@H]2CC[C@@H](O)[C@H](OC)C2)C[C@H](O)[C@H](C)C=C(C)[C@@H](O)[C@@H](OC)C(O)[C@H](C)C[C@H](C)C=CC=CC=C1C. The van der Waals surface area contributed by atoms with Gasteiger partial charge in [-0.2, -0.15) is 0 Å². The molecule has 0 aromatic carbocycles. The number of rotatable bonds is 6. The van der Waals surface area contributed by atoms with Gasteiger partial charge in [-0.3, -0.25) is 9.59 Å². The van der Waals surface area contributed by atoms with Crippen LogP contribution < -0.4 is 0 Å². The van der Waals surface area contributed by atoms with E-state index in [1.165, 1.54) is 12.0 Å². The molecular weight excluding hydrogens is 835 g/mol. The molecule has 3 fully saturated rings. The number of carbonyl (C=O) groups is 3. The van der Waals surface area contributed by atoms with Gasteiger partial charge < -0.3 is 54.1 Å². The number of ether oxygens (including phenoxy) is 5. The van der Waals surface area contributed by atoms with Gasteiger partial charge in [-0.1, -0.05) is 71.1 Å². The fourth-order valence-electron chi connectivity index (χ4n) is 10.4. The van der Waals surface area contributed by atoms with Crippen molar-refractivity contribution in [3.05, 3.63) is 47.6 Å². The number of fused-ring (bicyclic) bond motifs is 3. The first-order valence-corrected chi connectivity index (χ1v) is 24.2. The molecule has 4 rings (SSSR count). The number of hydrogen-bond acceptors (Lipinski definition) is 13. The standard InChI is InChI=1S/C51H83NO13/c1-30-16-12-11-13-17-31(2)42(61-8)28-38-21-19-36(7)51(60,65-38)48(57)49(58)52-23-15-14-18-39(52)50(59)64-43(33(4)26-37-20-22-40(53)44(27-37)62-9)29-41(54)32(3)25-35(6)46(56)47(63-10)45(55)34(5)24-30/h11-13,16-17,25,30,32-34,36-47,53-56,60H,14-15,18-24,26-29H2,1-10H3/t30-,32-,33-,34-,36-,37+,38+,39?,40-,41+,42+,43+,44-,45?,46-,47+,51-/m1/s1. The van der Waals surface area contributed by atoms with Crippen LogP contribution in [0, 0.1) is 35.5 Å². The number of esters is 1. The van der Waals surface area contributed by atoms with Gasteiger partial charge in [-0.05, 0) is 113 Å². The summed E-state index contributed by atoms with van der Waals surface area (Å²) in [5.74, 6) is -6.69. The lowest BCUT2D eigenvalue weighted by atomic mass is 9.78. The van der Waals surface area contributed by atoms with Crippen LogP contribution in [0.1, 0.15) is 126 Å². The van der Waals surface area contributed by atoms with Crippen molar-refractivity contribution in [1.82, 2.24) is 4.90 Å². The number of amides is 1. The van der Waals surface area contributed by atoms with E-state index in [0.29, 0.717) is 63.4 Å². The van der Waals surface area contributed by atoms with Crippen LogP contribution in [0.25, 0.3) is 0 Å². The molecule has 65 heavy (non-hydrogen) atoms. The molecule has 2 saturated heterocycles. The Morgan fingerprint density at radius 3 is 2.22 bits per heavy atom. The lowest BCUT2D eigenvalue weighted by molar-refractivity contribution is -0.265. The number of piperidine rings is 1. The number of cyclic esters (lactones) is 1. The highest BCUT2D eigenvalue weighted by molar-refractivity contribution is 6.39. The van der Waals surface area contributed by atoms with E-state index in [0.717, 1.165) is 12.0 Å². The number of Topliss-reactive ketones (excluding diaryl/α,β-unsaturated/α-hetero) is 1. The number of aliphatic hydroxyl groups is 5. The Kier molecular flexibility index (Phi) is 21.5. The highest BCUT2D eigenvalue weighted by Gasteiger charge is 2.53. The van der Waals surface area contributed by atoms with E-state index in [1.54, 1.807) is 34.1 Å². The minimum absolute atomic E-state index is 0.0359. The third-order valence-electron chi connectivity index (χ3n) is 14.9. The van der Waals surface area contributed by atoms with E-state index in [4.69, 9.17) is 23.7 Å². The van der Waals surface area contributed by atoms with Gasteiger partial charge in [-0.25, -0.2) is 4.79 Å². The summed E-state index contributed by atoms with van der Waals surface area (Å²) in [6, 6.07) is -1.10. The zero-order valence-corrected chi connectivity index (χ0v) is 40.8. The van der Waals surface area contributed by atoms with Crippen molar-refractivity contribution >= 4 is 17.7 Å². The minimum atomic E-state index is -2.41. The zero-order chi connectivity index (χ0) is 48.2. The summed E-state index contributed by atoms with van der Waals surface area (Å²) in [5, 5.41) is 57.2. The predicted molar refractivity (Wildman–Crippen MR) is 247 cm³/mol. The molecule has 2 bridgehead atoms. The summed E-state index contributed by atoms with van der Waals surface area (Å²) in [4.78, 5) is 44.1. The Bertz CT molecular complexity index is 1660. The van der Waals surface area contributed by atoms with Crippen LogP contribution in [0.2, 0.25) is 0 Å². The highest BCUT2D eigenvalue weighted by Crippen LogP contribution is 2.38. The molecule has 3 heterocycles. The Hall–Kier alpha value is -2.79. The second-order valence-corrected chi connectivity index (χ2v) is 20.0. The van der Waals surface area contributed by atoms with Crippen molar-refractivity contribution in [2.24, 2.45) is 35.5 Å². The molecule has 5 N–H and O–H groups in total. The largest absolute Gasteiger partial charge is 0.460 e. The van der Waals surface area contributed by atoms with Gasteiger partial charge in [-0.15, -0.1) is 0 Å². The molecule has 17 atom stereocenters. The molecule has 14 heteroatoms. The van der Waals surface area contributed by atoms with Gasteiger partial charge >= 0.3 is 5.97 Å². The van der Waals surface area contributed by atoms with Crippen molar-refractivity contribution < 1.29 is 63.6 Å². The number of carbonyl (C=O) groups excluding carboxylic acids is 3. The lowest BCUT2D eigenvalue weighted by Crippen LogP contribution is -2.61. The van der Waals surface area contributed by atoms with E-state index >= 15 is 0 Å².